The van der Waals surface area contributed by atoms with Gasteiger partial charge in [-0.05, 0) is 49.6 Å². The summed E-state index contributed by atoms with van der Waals surface area (Å²) in [5.41, 5.74) is 4.44. The van der Waals surface area contributed by atoms with E-state index in [9.17, 15) is 14.4 Å². The number of benzene rings is 2. The average Bonchev–Trinajstić information content (AvgIpc) is 3.30. The number of para-hydroxylation sites is 1. The quantitative estimate of drug-likeness (QED) is 0.330. The Morgan fingerprint density at radius 3 is 2.78 bits per heavy atom. The van der Waals surface area contributed by atoms with Crippen molar-refractivity contribution in [1.29, 1.82) is 0 Å². The largest absolute Gasteiger partial charge is 0.483 e. The summed E-state index contributed by atoms with van der Waals surface area (Å²) in [5, 5.41) is 9.10. The van der Waals surface area contributed by atoms with Crippen molar-refractivity contribution in [3.05, 3.63) is 59.7 Å². The number of ether oxygens (including phenoxy) is 2. The summed E-state index contributed by atoms with van der Waals surface area (Å²) >= 11 is 0. The molecule has 1 aliphatic rings. The summed E-state index contributed by atoms with van der Waals surface area (Å²) < 4.78 is 11.0. The zero-order valence-electron chi connectivity index (χ0n) is 17.8. The summed E-state index contributed by atoms with van der Waals surface area (Å²) in [6.07, 6.45) is 3.10. The van der Waals surface area contributed by atoms with Gasteiger partial charge in [0.1, 0.15) is 5.75 Å². The number of carbonyl (C=O) groups excluding carboxylic acids is 3. The lowest BCUT2D eigenvalue weighted by Gasteiger charge is -2.10. The monoisotopic (exact) mass is 438 g/mol. The first kappa shape index (κ1) is 23.0. The zero-order chi connectivity index (χ0) is 22.8. The summed E-state index contributed by atoms with van der Waals surface area (Å²) in [7, 11) is 0. The van der Waals surface area contributed by atoms with E-state index in [0.29, 0.717) is 23.6 Å². The van der Waals surface area contributed by atoms with Crippen LogP contribution in [0.25, 0.3) is 0 Å². The van der Waals surface area contributed by atoms with Crippen molar-refractivity contribution in [2.75, 3.05) is 25.1 Å². The van der Waals surface area contributed by atoms with Gasteiger partial charge in [0.05, 0.1) is 12.3 Å². The van der Waals surface area contributed by atoms with E-state index < -0.39 is 11.8 Å². The highest BCUT2D eigenvalue weighted by Crippen LogP contribution is 2.16. The number of nitrogens with zero attached hydrogens (tertiary/aromatic N) is 1. The molecule has 9 heteroatoms. The van der Waals surface area contributed by atoms with Gasteiger partial charge in [0, 0.05) is 24.4 Å². The van der Waals surface area contributed by atoms with Gasteiger partial charge in [-0.25, -0.2) is 5.43 Å². The van der Waals surface area contributed by atoms with Crippen molar-refractivity contribution in [2.24, 2.45) is 5.10 Å². The van der Waals surface area contributed by atoms with E-state index in [-0.39, 0.29) is 25.2 Å². The molecule has 9 nitrogen and oxygen atoms in total. The van der Waals surface area contributed by atoms with E-state index in [1.165, 1.54) is 6.21 Å². The molecular formula is C23H26N4O5. The number of carbonyl (C=O) groups is 3. The van der Waals surface area contributed by atoms with Crippen LogP contribution in [0, 0.1) is 6.92 Å². The molecule has 2 aromatic rings. The molecule has 1 heterocycles. The van der Waals surface area contributed by atoms with E-state index in [1.807, 2.05) is 25.1 Å². The molecule has 168 valence electrons. The molecule has 0 radical (unpaired) electrons. The number of nitrogens with one attached hydrogen (secondary N) is 3. The Hall–Kier alpha value is -3.72. The molecular weight excluding hydrogens is 412 g/mol. The Labute approximate surface area is 186 Å². The summed E-state index contributed by atoms with van der Waals surface area (Å²) in [5.74, 6) is -1.56. The lowest BCUT2D eigenvalue weighted by molar-refractivity contribution is -0.139. The van der Waals surface area contributed by atoms with Gasteiger partial charge >= 0.3 is 11.8 Å². The molecule has 0 aromatic heterocycles. The Kier molecular flexibility index (Phi) is 8.33. The lowest BCUT2D eigenvalue weighted by atomic mass is 10.2. The Bertz CT molecular complexity index is 986. The topological polar surface area (TPSA) is 118 Å². The van der Waals surface area contributed by atoms with Crippen LogP contribution in [0.3, 0.4) is 0 Å². The lowest BCUT2D eigenvalue weighted by Crippen LogP contribution is -2.41. The van der Waals surface area contributed by atoms with E-state index in [2.05, 4.69) is 21.2 Å². The molecule has 0 saturated carbocycles. The minimum Gasteiger partial charge on any atom is -0.483 e. The van der Waals surface area contributed by atoms with Crippen LogP contribution in [0.4, 0.5) is 5.69 Å². The number of rotatable bonds is 8. The fraction of sp³-hybridized carbons (Fsp3) is 0.304. The maximum Gasteiger partial charge on any atom is 0.329 e. The number of aryl methyl sites for hydroxylation is 1. The van der Waals surface area contributed by atoms with Crippen LogP contribution in [-0.4, -0.2) is 49.8 Å². The van der Waals surface area contributed by atoms with Crippen LogP contribution in [0.5, 0.6) is 5.75 Å². The molecule has 32 heavy (non-hydrogen) atoms. The highest BCUT2D eigenvalue weighted by Gasteiger charge is 2.19. The van der Waals surface area contributed by atoms with Crippen LogP contribution in [0.2, 0.25) is 0 Å². The average molecular weight is 438 g/mol. The standard InChI is InChI=1S/C23H26N4O5/c1-16-6-4-8-18(12-16)26-21(28)15-32-20-10-3-2-7-17(20)13-25-27-23(30)22(29)24-14-19-9-5-11-31-19/h2-4,6-8,10,12-13,19H,5,9,11,14-15H2,1H3,(H,24,29)(H,26,28)(H,27,30)/b25-13-/t19-/m0/s1. The van der Waals surface area contributed by atoms with Crippen molar-refractivity contribution < 1.29 is 23.9 Å². The molecule has 3 amide bonds. The van der Waals surface area contributed by atoms with Gasteiger partial charge in [-0.15, -0.1) is 0 Å². The molecule has 3 rings (SSSR count). The summed E-state index contributed by atoms with van der Waals surface area (Å²) in [6.45, 7) is 2.70. The number of anilines is 1. The molecule has 1 aliphatic heterocycles. The second kappa shape index (κ2) is 11.6. The smallest absolute Gasteiger partial charge is 0.329 e. The van der Waals surface area contributed by atoms with Crippen molar-refractivity contribution in [3.8, 4) is 5.75 Å². The Morgan fingerprint density at radius 1 is 1.16 bits per heavy atom. The van der Waals surface area contributed by atoms with Gasteiger partial charge in [0.2, 0.25) is 0 Å². The highest BCUT2D eigenvalue weighted by atomic mass is 16.5. The van der Waals surface area contributed by atoms with Crippen LogP contribution < -0.4 is 20.8 Å². The number of hydrazone groups is 1. The second-order valence-electron chi connectivity index (χ2n) is 7.29. The van der Waals surface area contributed by atoms with E-state index in [0.717, 1.165) is 18.4 Å². The molecule has 2 aromatic carbocycles. The third kappa shape index (κ3) is 7.21. The SMILES string of the molecule is Cc1cccc(NC(=O)COc2ccccc2/C=N\NC(=O)C(=O)NC[C@@H]2CCCO2)c1. The van der Waals surface area contributed by atoms with Gasteiger partial charge in [-0.2, -0.15) is 5.10 Å². The van der Waals surface area contributed by atoms with Gasteiger partial charge in [0.15, 0.2) is 6.61 Å². The third-order valence-corrected chi connectivity index (χ3v) is 4.67. The van der Waals surface area contributed by atoms with Gasteiger partial charge in [0.25, 0.3) is 5.91 Å². The van der Waals surface area contributed by atoms with Crippen LogP contribution in [-0.2, 0) is 19.1 Å². The molecule has 0 bridgehead atoms. The highest BCUT2D eigenvalue weighted by molar-refractivity contribution is 6.35. The number of hydrogen-bond donors (Lipinski definition) is 3. The van der Waals surface area contributed by atoms with E-state index in [1.54, 1.807) is 30.3 Å². The zero-order valence-corrected chi connectivity index (χ0v) is 17.8. The first-order valence-electron chi connectivity index (χ1n) is 10.3. The molecule has 0 unspecified atom stereocenters. The van der Waals surface area contributed by atoms with E-state index >= 15 is 0 Å². The first-order valence-corrected chi connectivity index (χ1v) is 10.3. The maximum atomic E-state index is 12.2. The third-order valence-electron chi connectivity index (χ3n) is 4.67. The number of hydrogen-bond acceptors (Lipinski definition) is 6. The fourth-order valence-corrected chi connectivity index (χ4v) is 3.09. The second-order valence-corrected chi connectivity index (χ2v) is 7.29. The van der Waals surface area contributed by atoms with Crippen LogP contribution in [0.1, 0.15) is 24.0 Å². The minimum absolute atomic E-state index is 0.0533. The predicted molar refractivity (Wildman–Crippen MR) is 119 cm³/mol. The fourth-order valence-electron chi connectivity index (χ4n) is 3.09. The van der Waals surface area contributed by atoms with Gasteiger partial charge in [-0.3, -0.25) is 14.4 Å². The number of amides is 3. The van der Waals surface area contributed by atoms with E-state index in [4.69, 9.17) is 9.47 Å². The van der Waals surface area contributed by atoms with Crippen molar-refractivity contribution >= 4 is 29.6 Å². The first-order chi connectivity index (χ1) is 15.5. The summed E-state index contributed by atoms with van der Waals surface area (Å²) in [6, 6.07) is 14.4. The Balaban J connectivity index is 1.47. The molecule has 3 N–H and O–H groups in total. The molecule has 1 saturated heterocycles. The maximum absolute atomic E-state index is 12.2. The Morgan fingerprint density at radius 2 is 2.00 bits per heavy atom. The van der Waals surface area contributed by atoms with Gasteiger partial charge < -0.3 is 20.1 Å². The van der Waals surface area contributed by atoms with Crippen molar-refractivity contribution in [3.63, 3.8) is 0 Å². The minimum atomic E-state index is -0.879. The molecule has 0 aliphatic carbocycles. The van der Waals surface area contributed by atoms with Crippen LogP contribution >= 0.6 is 0 Å². The predicted octanol–water partition coefficient (Wildman–Crippen LogP) is 1.76. The normalized spacial score (nSPS) is 15.3. The molecule has 1 atom stereocenters. The summed E-state index contributed by atoms with van der Waals surface area (Å²) in [4.78, 5) is 35.9. The molecule has 1 fully saturated rings. The van der Waals surface area contributed by atoms with Crippen molar-refractivity contribution in [2.45, 2.75) is 25.9 Å². The van der Waals surface area contributed by atoms with Crippen LogP contribution in [0.15, 0.2) is 53.6 Å². The van der Waals surface area contributed by atoms with Gasteiger partial charge in [-0.1, -0.05) is 24.3 Å². The molecule has 0 spiro atoms. The van der Waals surface area contributed by atoms with Crippen molar-refractivity contribution in [1.82, 2.24) is 10.7 Å².